The van der Waals surface area contributed by atoms with E-state index in [-0.39, 0.29) is 36.1 Å². The van der Waals surface area contributed by atoms with Gasteiger partial charge in [-0.1, -0.05) is 19.1 Å². The van der Waals surface area contributed by atoms with E-state index < -0.39 is 5.82 Å². The third-order valence-electron chi connectivity index (χ3n) is 6.12. The van der Waals surface area contributed by atoms with E-state index >= 15 is 4.39 Å². The summed E-state index contributed by atoms with van der Waals surface area (Å²) in [6.45, 7) is 5.04. The summed E-state index contributed by atoms with van der Waals surface area (Å²) in [6, 6.07) is 15.7. The van der Waals surface area contributed by atoms with Crippen LogP contribution in [0.25, 0.3) is 0 Å². The van der Waals surface area contributed by atoms with E-state index in [0.717, 1.165) is 31.6 Å². The monoisotopic (exact) mass is 452 g/mol. The van der Waals surface area contributed by atoms with Gasteiger partial charge in [0.05, 0.1) is 11.7 Å². The van der Waals surface area contributed by atoms with Crippen LogP contribution in [-0.2, 0) is 0 Å². The number of likely N-dealkylation sites (tertiary alicyclic amines) is 1. The zero-order valence-electron chi connectivity index (χ0n) is 18.4. The van der Waals surface area contributed by atoms with E-state index in [0.29, 0.717) is 17.1 Å². The zero-order chi connectivity index (χ0) is 22.9. The number of hydrogen-bond acceptors (Lipinski definition) is 5. The number of hydrogen-bond donors (Lipinski definition) is 1. The highest BCUT2D eigenvalue weighted by molar-refractivity contribution is 5.73. The molecule has 0 spiro atoms. The van der Waals surface area contributed by atoms with Crippen molar-refractivity contribution in [2.24, 2.45) is 0 Å². The fourth-order valence-electron chi connectivity index (χ4n) is 4.49. The van der Waals surface area contributed by atoms with Gasteiger partial charge in [0, 0.05) is 30.9 Å². The van der Waals surface area contributed by atoms with Gasteiger partial charge in [0.15, 0.2) is 11.6 Å². The molecule has 3 aromatic carbocycles. The van der Waals surface area contributed by atoms with Gasteiger partial charge in [0.25, 0.3) is 0 Å². The van der Waals surface area contributed by atoms with Crippen molar-refractivity contribution in [2.45, 2.75) is 25.5 Å². The standard InChI is InChI=1S/C26H26F2N2O3/c1-2-11-29-14-21(15-29)33-25-10-7-19(12-22(25)28)30-23-9-8-20(31)13-26(23)32-16-24(30)17-3-5-18(27)6-4-17/h3-10,12-13,21,24,31H,2,11,14-16H2,1H3/t24-/m0/s1. The molecule has 2 aliphatic heterocycles. The molecule has 3 aromatic rings. The molecule has 0 amide bonds. The molecule has 5 nitrogen and oxygen atoms in total. The molecular formula is C26H26F2N2O3. The average Bonchev–Trinajstić information content (AvgIpc) is 2.78. The van der Waals surface area contributed by atoms with Gasteiger partial charge >= 0.3 is 0 Å². The maximum atomic E-state index is 15.1. The summed E-state index contributed by atoms with van der Waals surface area (Å²) >= 11 is 0. The normalized spacial score (nSPS) is 18.4. The van der Waals surface area contributed by atoms with E-state index in [1.54, 1.807) is 30.3 Å². The summed E-state index contributed by atoms with van der Waals surface area (Å²) in [5, 5.41) is 9.88. The molecule has 0 unspecified atom stereocenters. The zero-order valence-corrected chi connectivity index (χ0v) is 18.4. The van der Waals surface area contributed by atoms with E-state index in [4.69, 9.17) is 9.47 Å². The molecule has 172 valence electrons. The minimum Gasteiger partial charge on any atom is -0.508 e. The van der Waals surface area contributed by atoms with Crippen LogP contribution < -0.4 is 14.4 Å². The number of ether oxygens (including phenoxy) is 2. The summed E-state index contributed by atoms with van der Waals surface area (Å²) in [5.41, 5.74) is 2.14. The molecule has 1 saturated heterocycles. The summed E-state index contributed by atoms with van der Waals surface area (Å²) in [5.74, 6) is 0.0537. The molecule has 2 aliphatic rings. The van der Waals surface area contributed by atoms with Crippen LogP contribution in [0.2, 0.25) is 0 Å². The predicted octanol–water partition coefficient (Wildman–Crippen LogP) is 5.42. The first-order chi connectivity index (χ1) is 16.0. The first-order valence-electron chi connectivity index (χ1n) is 11.2. The van der Waals surface area contributed by atoms with Crippen LogP contribution >= 0.6 is 0 Å². The fourth-order valence-corrected chi connectivity index (χ4v) is 4.49. The van der Waals surface area contributed by atoms with Gasteiger partial charge in [-0.25, -0.2) is 8.78 Å². The Morgan fingerprint density at radius 2 is 1.82 bits per heavy atom. The number of anilines is 2. The molecular weight excluding hydrogens is 426 g/mol. The first-order valence-corrected chi connectivity index (χ1v) is 11.2. The second-order valence-electron chi connectivity index (χ2n) is 8.51. The van der Waals surface area contributed by atoms with Crippen LogP contribution in [-0.4, -0.2) is 42.4 Å². The number of nitrogens with zero attached hydrogens (tertiary/aromatic N) is 2. The second-order valence-corrected chi connectivity index (χ2v) is 8.51. The van der Waals surface area contributed by atoms with E-state index in [1.165, 1.54) is 24.3 Å². The van der Waals surface area contributed by atoms with Gasteiger partial charge < -0.3 is 19.5 Å². The average molecular weight is 453 g/mol. The van der Waals surface area contributed by atoms with Crippen molar-refractivity contribution in [2.75, 3.05) is 31.1 Å². The van der Waals surface area contributed by atoms with Crippen molar-refractivity contribution in [3.05, 3.63) is 77.9 Å². The Kier molecular flexibility index (Phi) is 5.81. The molecule has 1 fully saturated rings. The van der Waals surface area contributed by atoms with E-state index in [9.17, 15) is 9.50 Å². The Balaban J connectivity index is 1.45. The Hall–Kier alpha value is -3.32. The quantitative estimate of drug-likeness (QED) is 0.542. The summed E-state index contributed by atoms with van der Waals surface area (Å²) < 4.78 is 40.4. The van der Waals surface area contributed by atoms with Gasteiger partial charge in [-0.15, -0.1) is 0 Å². The number of halogens is 2. The fraction of sp³-hybridized carbons (Fsp3) is 0.308. The minimum atomic E-state index is -0.439. The molecule has 0 saturated carbocycles. The molecule has 1 atom stereocenters. The third-order valence-corrected chi connectivity index (χ3v) is 6.12. The molecule has 5 rings (SSSR count). The van der Waals surface area contributed by atoms with Crippen molar-refractivity contribution >= 4 is 11.4 Å². The van der Waals surface area contributed by atoms with Crippen LogP contribution in [0, 0.1) is 11.6 Å². The Bertz CT molecular complexity index is 1130. The van der Waals surface area contributed by atoms with Crippen molar-refractivity contribution in [1.29, 1.82) is 0 Å². The van der Waals surface area contributed by atoms with E-state index in [2.05, 4.69) is 11.8 Å². The first kappa shape index (κ1) is 21.5. The Morgan fingerprint density at radius 3 is 2.55 bits per heavy atom. The van der Waals surface area contributed by atoms with Crippen molar-refractivity contribution in [3.63, 3.8) is 0 Å². The van der Waals surface area contributed by atoms with Crippen molar-refractivity contribution < 1.29 is 23.4 Å². The maximum absolute atomic E-state index is 15.1. The van der Waals surface area contributed by atoms with Crippen LogP contribution in [0.3, 0.4) is 0 Å². The van der Waals surface area contributed by atoms with Crippen LogP contribution in [0.15, 0.2) is 60.7 Å². The lowest BCUT2D eigenvalue weighted by Crippen LogP contribution is -2.53. The summed E-state index contributed by atoms with van der Waals surface area (Å²) in [7, 11) is 0. The molecule has 1 N–H and O–H groups in total. The van der Waals surface area contributed by atoms with Crippen molar-refractivity contribution in [1.82, 2.24) is 4.90 Å². The summed E-state index contributed by atoms with van der Waals surface area (Å²) in [4.78, 5) is 4.23. The highest BCUT2D eigenvalue weighted by atomic mass is 19.1. The van der Waals surface area contributed by atoms with Crippen LogP contribution in [0.5, 0.6) is 17.2 Å². The van der Waals surface area contributed by atoms with Gasteiger partial charge in [0.1, 0.15) is 30.0 Å². The molecule has 0 bridgehead atoms. The lowest BCUT2D eigenvalue weighted by atomic mass is 10.0. The third kappa shape index (κ3) is 4.33. The van der Waals surface area contributed by atoms with Crippen LogP contribution in [0.1, 0.15) is 24.9 Å². The highest BCUT2D eigenvalue weighted by Crippen LogP contribution is 2.46. The number of phenols is 1. The van der Waals surface area contributed by atoms with Crippen LogP contribution in [0.4, 0.5) is 20.2 Å². The molecule has 7 heteroatoms. The smallest absolute Gasteiger partial charge is 0.167 e. The number of aromatic hydroxyl groups is 1. The molecule has 2 heterocycles. The van der Waals surface area contributed by atoms with Gasteiger partial charge in [-0.2, -0.15) is 0 Å². The lowest BCUT2D eigenvalue weighted by molar-refractivity contribution is 0.0179. The maximum Gasteiger partial charge on any atom is 0.167 e. The lowest BCUT2D eigenvalue weighted by Gasteiger charge is -2.40. The Labute approximate surface area is 191 Å². The number of rotatable bonds is 6. The molecule has 0 aliphatic carbocycles. The van der Waals surface area contributed by atoms with Crippen molar-refractivity contribution in [3.8, 4) is 17.2 Å². The molecule has 0 radical (unpaired) electrons. The topological polar surface area (TPSA) is 45.2 Å². The van der Waals surface area contributed by atoms with Gasteiger partial charge in [-0.3, -0.25) is 4.90 Å². The number of benzene rings is 3. The van der Waals surface area contributed by atoms with E-state index in [1.807, 2.05) is 11.0 Å². The SMILES string of the molecule is CCCN1CC(Oc2ccc(N3c4ccc(O)cc4OC[C@H]3c3ccc(F)cc3)cc2F)C1. The Morgan fingerprint density at radius 1 is 1.03 bits per heavy atom. The predicted molar refractivity (Wildman–Crippen MR) is 122 cm³/mol. The molecule has 0 aromatic heterocycles. The minimum absolute atomic E-state index is 0.00375. The van der Waals surface area contributed by atoms with Gasteiger partial charge in [0.2, 0.25) is 0 Å². The van der Waals surface area contributed by atoms with Gasteiger partial charge in [-0.05, 0) is 54.9 Å². The summed E-state index contributed by atoms with van der Waals surface area (Å²) in [6.07, 6.45) is 1.08. The second kappa shape index (κ2) is 8.90. The number of fused-ring (bicyclic) bond motifs is 1. The highest BCUT2D eigenvalue weighted by Gasteiger charge is 2.32. The molecule has 33 heavy (non-hydrogen) atoms. The number of phenolic OH excluding ortho intramolecular Hbond substituents is 1. The largest absolute Gasteiger partial charge is 0.508 e.